The summed E-state index contributed by atoms with van der Waals surface area (Å²) in [5, 5.41) is 2.96. The number of amides is 1. The number of anilines is 1. The van der Waals surface area contributed by atoms with Crippen molar-refractivity contribution in [3.63, 3.8) is 0 Å². The molecule has 1 amide bonds. The fourth-order valence-corrected chi connectivity index (χ4v) is 3.34. The summed E-state index contributed by atoms with van der Waals surface area (Å²) in [7, 11) is 2.02. The Balaban J connectivity index is 1.46. The molecule has 1 aliphatic carbocycles. The molecule has 2 aromatic carbocycles. The maximum atomic E-state index is 12.3. The molecule has 0 saturated carbocycles. The molecule has 0 aliphatic heterocycles. The molecule has 0 bridgehead atoms. The minimum atomic E-state index is -0.501. The number of para-hydroxylation sites is 1. The Morgan fingerprint density at radius 2 is 1.85 bits per heavy atom. The van der Waals surface area contributed by atoms with Gasteiger partial charge in [-0.05, 0) is 68.0 Å². The molecule has 1 N–H and O–H groups in total. The van der Waals surface area contributed by atoms with E-state index in [0.717, 1.165) is 30.8 Å². The van der Waals surface area contributed by atoms with E-state index in [1.807, 2.05) is 31.3 Å². The first kappa shape index (κ1) is 18.3. The summed E-state index contributed by atoms with van der Waals surface area (Å²) in [4.78, 5) is 14.4. The van der Waals surface area contributed by atoms with Crippen molar-refractivity contribution in [2.75, 3.05) is 25.0 Å². The van der Waals surface area contributed by atoms with Gasteiger partial charge in [-0.25, -0.2) is 0 Å². The number of hydrogen-bond donors (Lipinski definition) is 1. The Morgan fingerprint density at radius 3 is 2.62 bits per heavy atom. The standard InChI is InChI=1S/C22H28N2O2/c1-17(26-21-13-12-18-8-6-7-9-19(18)16-21)22(25)23-14-15-24(2)20-10-4-3-5-11-20/h3-5,10-13,16-17H,6-9,14-15H2,1-2H3,(H,23,25). The van der Waals surface area contributed by atoms with Gasteiger partial charge in [-0.15, -0.1) is 0 Å². The third-order valence-electron chi connectivity index (χ3n) is 4.95. The molecule has 1 unspecified atom stereocenters. The quantitative estimate of drug-likeness (QED) is 0.828. The van der Waals surface area contributed by atoms with Gasteiger partial charge in [-0.2, -0.15) is 0 Å². The highest BCUT2D eigenvalue weighted by molar-refractivity contribution is 5.80. The molecule has 0 spiro atoms. The van der Waals surface area contributed by atoms with Crippen LogP contribution in [0, 0.1) is 0 Å². The zero-order chi connectivity index (χ0) is 18.4. The summed E-state index contributed by atoms with van der Waals surface area (Å²) in [5.41, 5.74) is 3.93. The second kappa shape index (κ2) is 8.75. The van der Waals surface area contributed by atoms with Gasteiger partial charge >= 0.3 is 0 Å². The molecule has 1 atom stereocenters. The van der Waals surface area contributed by atoms with Crippen molar-refractivity contribution in [3.05, 3.63) is 59.7 Å². The van der Waals surface area contributed by atoms with Gasteiger partial charge in [-0.3, -0.25) is 4.79 Å². The van der Waals surface area contributed by atoms with E-state index in [2.05, 4.69) is 34.5 Å². The van der Waals surface area contributed by atoms with Crippen molar-refractivity contribution < 1.29 is 9.53 Å². The molecule has 0 radical (unpaired) electrons. The van der Waals surface area contributed by atoms with Crippen LogP contribution in [0.15, 0.2) is 48.5 Å². The number of carbonyl (C=O) groups excluding carboxylic acids is 1. The van der Waals surface area contributed by atoms with E-state index in [0.29, 0.717) is 6.54 Å². The normalized spacial score (nSPS) is 14.2. The van der Waals surface area contributed by atoms with Gasteiger partial charge in [0.25, 0.3) is 5.91 Å². The summed E-state index contributed by atoms with van der Waals surface area (Å²) in [6, 6.07) is 16.4. The monoisotopic (exact) mass is 352 g/mol. The van der Waals surface area contributed by atoms with Crippen molar-refractivity contribution in [2.45, 2.75) is 38.7 Å². The Kier molecular flexibility index (Phi) is 6.16. The van der Waals surface area contributed by atoms with Crippen LogP contribution in [0.1, 0.15) is 30.9 Å². The number of rotatable bonds is 7. The number of aryl methyl sites for hydroxylation is 2. The summed E-state index contributed by atoms with van der Waals surface area (Å²) >= 11 is 0. The lowest BCUT2D eigenvalue weighted by atomic mass is 9.92. The number of hydrogen-bond acceptors (Lipinski definition) is 3. The predicted molar refractivity (Wildman–Crippen MR) is 106 cm³/mol. The van der Waals surface area contributed by atoms with Gasteiger partial charge in [0.15, 0.2) is 6.10 Å². The lowest BCUT2D eigenvalue weighted by molar-refractivity contribution is -0.127. The molecule has 4 heteroatoms. The lowest BCUT2D eigenvalue weighted by Crippen LogP contribution is -2.40. The zero-order valence-corrected chi connectivity index (χ0v) is 15.7. The van der Waals surface area contributed by atoms with Crippen molar-refractivity contribution in [1.82, 2.24) is 5.32 Å². The minimum absolute atomic E-state index is 0.0795. The van der Waals surface area contributed by atoms with Gasteiger partial charge in [0.2, 0.25) is 0 Å². The first-order chi connectivity index (χ1) is 12.6. The largest absolute Gasteiger partial charge is 0.481 e. The van der Waals surface area contributed by atoms with Crippen LogP contribution >= 0.6 is 0 Å². The molecule has 3 rings (SSSR count). The van der Waals surface area contributed by atoms with Crippen molar-refractivity contribution in [3.8, 4) is 5.75 Å². The summed E-state index contributed by atoms with van der Waals surface area (Å²) in [6.07, 6.45) is 4.27. The van der Waals surface area contributed by atoms with Crippen molar-refractivity contribution in [2.24, 2.45) is 0 Å². The molecular weight excluding hydrogens is 324 g/mol. The maximum Gasteiger partial charge on any atom is 0.260 e. The number of likely N-dealkylation sites (N-methyl/N-ethyl adjacent to an activating group) is 1. The molecule has 0 fully saturated rings. The third-order valence-corrected chi connectivity index (χ3v) is 4.95. The first-order valence-electron chi connectivity index (χ1n) is 9.46. The summed E-state index contributed by atoms with van der Waals surface area (Å²) in [5.74, 6) is 0.707. The number of nitrogens with one attached hydrogen (secondary N) is 1. The second-order valence-corrected chi connectivity index (χ2v) is 6.95. The Labute approximate surface area is 156 Å². The molecule has 2 aromatic rings. The molecule has 4 nitrogen and oxygen atoms in total. The lowest BCUT2D eigenvalue weighted by Gasteiger charge is -2.21. The number of benzene rings is 2. The van der Waals surface area contributed by atoms with Crippen LogP contribution in [0.3, 0.4) is 0 Å². The van der Waals surface area contributed by atoms with E-state index in [1.54, 1.807) is 6.92 Å². The van der Waals surface area contributed by atoms with Gasteiger partial charge < -0.3 is 15.0 Å². The topological polar surface area (TPSA) is 41.6 Å². The van der Waals surface area contributed by atoms with Crippen LogP contribution in [0.2, 0.25) is 0 Å². The maximum absolute atomic E-state index is 12.3. The van der Waals surface area contributed by atoms with Gasteiger partial charge in [-0.1, -0.05) is 24.3 Å². The van der Waals surface area contributed by atoms with Crippen LogP contribution in [-0.4, -0.2) is 32.1 Å². The Morgan fingerprint density at radius 1 is 1.12 bits per heavy atom. The van der Waals surface area contributed by atoms with E-state index in [-0.39, 0.29) is 5.91 Å². The van der Waals surface area contributed by atoms with Crippen LogP contribution in [0.5, 0.6) is 5.75 Å². The SMILES string of the molecule is CC(Oc1ccc2c(c1)CCCC2)C(=O)NCCN(C)c1ccccc1. The Bertz CT molecular complexity index is 730. The molecule has 0 saturated heterocycles. The van der Waals surface area contributed by atoms with E-state index in [4.69, 9.17) is 4.74 Å². The fraction of sp³-hybridized carbons (Fsp3) is 0.409. The predicted octanol–water partition coefficient (Wildman–Crippen LogP) is 3.59. The van der Waals surface area contributed by atoms with E-state index < -0.39 is 6.10 Å². The number of fused-ring (bicyclic) bond motifs is 1. The summed E-state index contributed by atoms with van der Waals surface area (Å²) in [6.45, 7) is 3.14. The van der Waals surface area contributed by atoms with E-state index in [9.17, 15) is 4.79 Å². The molecular formula is C22H28N2O2. The summed E-state index contributed by atoms with van der Waals surface area (Å²) < 4.78 is 5.86. The Hall–Kier alpha value is -2.49. The van der Waals surface area contributed by atoms with Gasteiger partial charge in [0.1, 0.15) is 5.75 Å². The van der Waals surface area contributed by atoms with E-state index >= 15 is 0 Å². The highest BCUT2D eigenvalue weighted by Gasteiger charge is 2.16. The van der Waals surface area contributed by atoms with Gasteiger partial charge in [0.05, 0.1) is 0 Å². The number of ether oxygens (including phenoxy) is 1. The van der Waals surface area contributed by atoms with Crippen LogP contribution < -0.4 is 15.0 Å². The van der Waals surface area contributed by atoms with Crippen LogP contribution in [0.25, 0.3) is 0 Å². The van der Waals surface area contributed by atoms with Crippen LogP contribution in [0.4, 0.5) is 5.69 Å². The number of carbonyl (C=O) groups is 1. The van der Waals surface area contributed by atoms with Crippen molar-refractivity contribution in [1.29, 1.82) is 0 Å². The average Bonchev–Trinajstić information content (AvgIpc) is 2.68. The van der Waals surface area contributed by atoms with Gasteiger partial charge in [0, 0.05) is 25.8 Å². The molecule has 26 heavy (non-hydrogen) atoms. The highest BCUT2D eigenvalue weighted by Crippen LogP contribution is 2.25. The smallest absolute Gasteiger partial charge is 0.260 e. The highest BCUT2D eigenvalue weighted by atomic mass is 16.5. The fourth-order valence-electron chi connectivity index (χ4n) is 3.34. The molecule has 138 valence electrons. The van der Waals surface area contributed by atoms with Crippen LogP contribution in [-0.2, 0) is 17.6 Å². The van der Waals surface area contributed by atoms with E-state index in [1.165, 1.54) is 24.0 Å². The third kappa shape index (κ3) is 4.78. The second-order valence-electron chi connectivity index (χ2n) is 6.95. The molecule has 0 heterocycles. The molecule has 1 aliphatic rings. The van der Waals surface area contributed by atoms with Crippen molar-refractivity contribution >= 4 is 11.6 Å². The average molecular weight is 352 g/mol. The number of nitrogens with zero attached hydrogens (tertiary/aromatic N) is 1. The first-order valence-corrected chi connectivity index (χ1v) is 9.46. The molecule has 0 aromatic heterocycles. The minimum Gasteiger partial charge on any atom is -0.481 e. The zero-order valence-electron chi connectivity index (χ0n) is 15.7.